The highest BCUT2D eigenvalue weighted by Gasteiger charge is 2.16. The molecule has 178 valence electrons. The second-order valence-electron chi connectivity index (χ2n) is 8.03. The van der Waals surface area contributed by atoms with Gasteiger partial charge in [-0.05, 0) is 82.6 Å². The lowest BCUT2D eigenvalue weighted by atomic mass is 10.1. The van der Waals surface area contributed by atoms with Crippen molar-refractivity contribution >= 4 is 53.6 Å². The van der Waals surface area contributed by atoms with E-state index in [0.29, 0.717) is 11.8 Å². The summed E-state index contributed by atoms with van der Waals surface area (Å²) >= 11 is 3.13. The molecule has 0 N–H and O–H groups in total. The predicted molar refractivity (Wildman–Crippen MR) is 148 cm³/mol. The van der Waals surface area contributed by atoms with Gasteiger partial charge in [-0.1, -0.05) is 12.1 Å². The van der Waals surface area contributed by atoms with Crippen molar-refractivity contribution in [2.24, 2.45) is 0 Å². The van der Waals surface area contributed by atoms with Crippen LogP contribution in [0.25, 0.3) is 42.4 Å². The number of methoxy groups -OCH3 is 2. The number of thiophene rings is 2. The molecule has 0 saturated heterocycles. The summed E-state index contributed by atoms with van der Waals surface area (Å²) in [7, 11) is 1.98. The first-order chi connectivity index (χ1) is 17.6. The molecule has 8 heteroatoms. The number of nitrogens with zero attached hydrogens (tertiary/aromatic N) is 2. The Morgan fingerprint density at radius 1 is 0.667 bits per heavy atom. The van der Waals surface area contributed by atoms with Gasteiger partial charge in [0.05, 0.1) is 22.6 Å². The zero-order chi connectivity index (χ0) is 24.6. The molecule has 4 heterocycles. The number of aromatic nitrogens is 2. The van der Waals surface area contributed by atoms with E-state index in [1.807, 2.05) is 36.4 Å². The van der Waals surface area contributed by atoms with Crippen LogP contribution >= 0.6 is 22.7 Å². The monoisotopic (exact) mass is 528 g/mol. The molecule has 4 aromatic heterocycles. The quantitative estimate of drug-likeness (QED) is 0.225. The Kier molecular flexibility index (Phi) is 6.00. The van der Waals surface area contributed by atoms with Crippen molar-refractivity contribution < 1.29 is 13.7 Å². The fourth-order valence-electron chi connectivity index (χ4n) is 4.20. The number of fused-ring (bicyclic) bond motifs is 2. The molecule has 0 spiro atoms. The summed E-state index contributed by atoms with van der Waals surface area (Å²) < 4.78 is 28.3. The topological polar surface area (TPSA) is 61.3 Å². The minimum atomic E-state index is -1.26. The number of rotatable bonds is 6. The minimum absolute atomic E-state index is 0.587. The van der Waals surface area contributed by atoms with Crippen molar-refractivity contribution in [2.45, 2.75) is 8.42 Å². The standard InChI is InChI=1S/C28H20N2O3S3/c1-32-27-21(5-3-11-29-27)17-7-9-23-19(13-17)15-25(34-23)36(31)26-16-20-14-18(8-10-24(20)35-26)22-6-4-12-30-28(22)33-2/h3-16H,1-2H3. The van der Waals surface area contributed by atoms with E-state index in [0.717, 1.165) is 50.8 Å². The third-order valence-electron chi connectivity index (χ3n) is 5.90. The van der Waals surface area contributed by atoms with E-state index in [9.17, 15) is 4.21 Å². The Morgan fingerprint density at radius 3 is 1.58 bits per heavy atom. The Bertz CT molecular complexity index is 1630. The van der Waals surface area contributed by atoms with Crippen LogP contribution in [0.5, 0.6) is 11.8 Å². The Balaban J connectivity index is 1.34. The van der Waals surface area contributed by atoms with Crippen molar-refractivity contribution in [1.82, 2.24) is 9.97 Å². The first-order valence-corrected chi connectivity index (χ1v) is 13.9. The first-order valence-electron chi connectivity index (χ1n) is 11.1. The highest BCUT2D eigenvalue weighted by Crippen LogP contribution is 2.39. The molecule has 0 atom stereocenters. The van der Waals surface area contributed by atoms with Crippen molar-refractivity contribution in [3.8, 4) is 34.0 Å². The third kappa shape index (κ3) is 4.07. The van der Waals surface area contributed by atoms with Crippen LogP contribution in [0.2, 0.25) is 0 Å². The van der Waals surface area contributed by atoms with Crippen LogP contribution in [0, 0.1) is 0 Å². The summed E-state index contributed by atoms with van der Waals surface area (Å²) in [6.07, 6.45) is 3.43. The van der Waals surface area contributed by atoms with Crippen LogP contribution in [0.4, 0.5) is 0 Å². The van der Waals surface area contributed by atoms with Gasteiger partial charge in [0.2, 0.25) is 11.8 Å². The van der Waals surface area contributed by atoms with Gasteiger partial charge >= 0.3 is 0 Å². The van der Waals surface area contributed by atoms with Crippen LogP contribution < -0.4 is 9.47 Å². The van der Waals surface area contributed by atoms with Gasteiger partial charge < -0.3 is 9.47 Å². The Hall–Kier alpha value is -3.59. The number of hydrogen-bond donors (Lipinski definition) is 0. The molecule has 0 amide bonds. The van der Waals surface area contributed by atoms with Crippen molar-refractivity contribution in [3.05, 3.63) is 85.2 Å². The summed E-state index contributed by atoms with van der Waals surface area (Å²) in [4.78, 5) is 8.61. The van der Waals surface area contributed by atoms with E-state index < -0.39 is 10.8 Å². The second-order valence-corrected chi connectivity index (χ2v) is 12.1. The number of ether oxygens (including phenoxy) is 2. The highest BCUT2D eigenvalue weighted by molar-refractivity contribution is 7.89. The van der Waals surface area contributed by atoms with Crippen LogP contribution in [-0.2, 0) is 10.8 Å². The molecule has 0 unspecified atom stereocenters. The molecule has 6 rings (SSSR count). The van der Waals surface area contributed by atoms with E-state index in [-0.39, 0.29) is 0 Å². The fourth-order valence-corrected chi connectivity index (χ4v) is 8.26. The molecular formula is C28H20N2O3S3. The summed E-state index contributed by atoms with van der Waals surface area (Å²) in [6.45, 7) is 0. The lowest BCUT2D eigenvalue weighted by Crippen LogP contribution is -1.90. The van der Waals surface area contributed by atoms with E-state index in [1.54, 1.807) is 49.3 Å². The van der Waals surface area contributed by atoms with E-state index in [4.69, 9.17) is 9.47 Å². The largest absolute Gasteiger partial charge is 0.481 e. The van der Waals surface area contributed by atoms with Crippen LogP contribution in [0.15, 0.2) is 93.6 Å². The smallest absolute Gasteiger partial charge is 0.221 e. The highest BCUT2D eigenvalue weighted by atomic mass is 32.2. The van der Waals surface area contributed by atoms with Gasteiger partial charge in [0.25, 0.3) is 0 Å². The SMILES string of the molecule is COc1ncccc1-c1ccc2sc(S(=O)c3cc4cc(-c5cccnc5OC)ccc4s3)cc2c1. The summed E-state index contributed by atoms with van der Waals surface area (Å²) in [5.41, 5.74) is 3.90. The molecule has 0 fully saturated rings. The summed E-state index contributed by atoms with van der Waals surface area (Å²) in [5, 5.41) is 2.11. The Labute approximate surface area is 218 Å². The van der Waals surface area contributed by atoms with E-state index >= 15 is 0 Å². The van der Waals surface area contributed by atoms with Crippen molar-refractivity contribution in [3.63, 3.8) is 0 Å². The average Bonchev–Trinajstić information content (AvgIpc) is 3.56. The van der Waals surface area contributed by atoms with E-state index in [2.05, 4.69) is 46.4 Å². The van der Waals surface area contributed by atoms with Gasteiger partial charge in [-0.3, -0.25) is 0 Å². The normalized spacial score (nSPS) is 11.4. The molecule has 0 bridgehead atoms. The maximum absolute atomic E-state index is 13.6. The lowest BCUT2D eigenvalue weighted by molar-refractivity contribution is 0.399. The molecule has 5 nitrogen and oxygen atoms in total. The van der Waals surface area contributed by atoms with Crippen LogP contribution in [0.3, 0.4) is 0 Å². The van der Waals surface area contributed by atoms with Gasteiger partial charge in [-0.15, -0.1) is 22.7 Å². The maximum Gasteiger partial charge on any atom is 0.221 e. The molecule has 36 heavy (non-hydrogen) atoms. The van der Waals surface area contributed by atoms with Gasteiger partial charge in [-0.25, -0.2) is 14.2 Å². The second kappa shape index (κ2) is 9.46. The number of benzene rings is 2. The molecule has 6 aromatic rings. The van der Waals surface area contributed by atoms with Gasteiger partial charge in [0, 0.05) is 32.9 Å². The maximum atomic E-state index is 13.6. The molecule has 0 aliphatic rings. The average molecular weight is 529 g/mol. The zero-order valence-electron chi connectivity index (χ0n) is 19.4. The molecule has 0 aliphatic heterocycles. The van der Waals surface area contributed by atoms with Gasteiger partial charge in [0.15, 0.2) is 0 Å². The fraction of sp³-hybridized carbons (Fsp3) is 0.0714. The van der Waals surface area contributed by atoms with Gasteiger partial charge in [-0.2, -0.15) is 0 Å². The van der Waals surface area contributed by atoms with Gasteiger partial charge in [0.1, 0.15) is 10.8 Å². The lowest BCUT2D eigenvalue weighted by Gasteiger charge is -2.06. The van der Waals surface area contributed by atoms with E-state index in [1.165, 1.54) is 0 Å². The number of pyridine rings is 2. The molecular weight excluding hydrogens is 509 g/mol. The minimum Gasteiger partial charge on any atom is -0.481 e. The molecule has 0 aliphatic carbocycles. The summed E-state index contributed by atoms with van der Waals surface area (Å²) in [5.74, 6) is 1.17. The Morgan fingerprint density at radius 2 is 1.14 bits per heavy atom. The molecule has 0 radical (unpaired) electrons. The predicted octanol–water partition coefficient (Wildman–Crippen LogP) is 7.42. The molecule has 0 saturated carbocycles. The molecule has 2 aromatic carbocycles. The zero-order valence-corrected chi connectivity index (χ0v) is 21.9. The third-order valence-corrected chi connectivity index (χ3v) is 10.1. The van der Waals surface area contributed by atoms with Crippen molar-refractivity contribution in [1.29, 1.82) is 0 Å². The van der Waals surface area contributed by atoms with Crippen LogP contribution in [-0.4, -0.2) is 28.4 Å². The number of hydrogen-bond acceptors (Lipinski definition) is 7. The summed E-state index contributed by atoms with van der Waals surface area (Å²) in [6, 6.07) is 24.3. The first kappa shape index (κ1) is 22.8. The van der Waals surface area contributed by atoms with Crippen LogP contribution in [0.1, 0.15) is 0 Å². The van der Waals surface area contributed by atoms with Crippen molar-refractivity contribution in [2.75, 3.05) is 14.2 Å².